The summed E-state index contributed by atoms with van der Waals surface area (Å²) in [6.45, 7) is 1.87. The summed E-state index contributed by atoms with van der Waals surface area (Å²) in [4.78, 5) is 55.8. The van der Waals surface area contributed by atoms with Gasteiger partial charge >= 0.3 is 0 Å². The van der Waals surface area contributed by atoms with Gasteiger partial charge in [0.2, 0.25) is 5.91 Å². The molecule has 5 rings (SSSR count). The second kappa shape index (κ2) is 13.0. The van der Waals surface area contributed by atoms with Gasteiger partial charge in [-0.15, -0.1) is 11.3 Å². The average molecular weight is 608 g/mol. The van der Waals surface area contributed by atoms with Crippen LogP contribution in [0, 0.1) is 10.1 Å². The van der Waals surface area contributed by atoms with Crippen LogP contribution in [0.4, 0.5) is 17.1 Å². The number of methoxy groups -OCH3 is 1. The Morgan fingerprint density at radius 2 is 1.83 bits per heavy atom. The Labute approximate surface area is 248 Å². The number of ether oxygens (including phenoxy) is 2. The van der Waals surface area contributed by atoms with Crippen LogP contribution in [-0.2, 0) is 9.53 Å². The number of benzene rings is 3. The van der Waals surface area contributed by atoms with E-state index in [1.54, 1.807) is 47.4 Å². The van der Waals surface area contributed by atoms with Gasteiger partial charge in [-0.3, -0.25) is 24.5 Å². The second-order valence-corrected chi connectivity index (χ2v) is 11.3. The Morgan fingerprint density at radius 1 is 1.07 bits per heavy atom. The summed E-state index contributed by atoms with van der Waals surface area (Å²) < 4.78 is 11.8. The lowest BCUT2D eigenvalue weighted by molar-refractivity contribution is -0.384. The molecule has 0 atom stereocenters. The average Bonchev–Trinajstić information content (AvgIpc) is 3.42. The number of nitro groups is 1. The number of nitrogens with one attached hydrogen (secondary N) is 2. The van der Waals surface area contributed by atoms with Crippen LogP contribution in [0.25, 0.3) is 10.2 Å². The molecule has 2 N–H and O–H groups in total. The minimum atomic E-state index is -0.588. The molecule has 1 aromatic heterocycles. The van der Waals surface area contributed by atoms with Gasteiger partial charge in [-0.1, -0.05) is 23.9 Å². The molecule has 1 aliphatic heterocycles. The van der Waals surface area contributed by atoms with Gasteiger partial charge in [-0.25, -0.2) is 4.98 Å². The zero-order valence-corrected chi connectivity index (χ0v) is 24.0. The Bertz CT molecular complexity index is 1670. The van der Waals surface area contributed by atoms with E-state index in [0.717, 1.165) is 4.70 Å². The fourth-order valence-electron chi connectivity index (χ4n) is 4.25. The number of carbonyl (C=O) groups excluding carboxylic acids is 3. The molecular formula is C28H25N5O7S2. The van der Waals surface area contributed by atoms with Crippen LogP contribution in [0.5, 0.6) is 5.75 Å². The molecule has 12 nitrogen and oxygen atoms in total. The third kappa shape index (κ3) is 6.67. The second-order valence-electron chi connectivity index (χ2n) is 9.04. The zero-order valence-electron chi connectivity index (χ0n) is 22.3. The van der Waals surface area contributed by atoms with E-state index in [4.69, 9.17) is 9.47 Å². The van der Waals surface area contributed by atoms with Crippen molar-refractivity contribution in [1.29, 1.82) is 0 Å². The molecule has 1 aliphatic rings. The summed E-state index contributed by atoms with van der Waals surface area (Å²) >= 11 is 2.54. The summed E-state index contributed by atoms with van der Waals surface area (Å²) in [5, 5.41) is 16.8. The molecule has 0 radical (unpaired) electrons. The number of rotatable bonds is 9. The maximum absolute atomic E-state index is 13.2. The van der Waals surface area contributed by atoms with Crippen molar-refractivity contribution < 1.29 is 28.8 Å². The topological polar surface area (TPSA) is 153 Å². The lowest BCUT2D eigenvalue weighted by Gasteiger charge is -2.27. The fraction of sp³-hybridized carbons (Fsp3) is 0.214. The predicted molar refractivity (Wildman–Crippen MR) is 160 cm³/mol. The van der Waals surface area contributed by atoms with Crippen molar-refractivity contribution >= 4 is 68.1 Å². The highest BCUT2D eigenvalue weighted by atomic mass is 32.2. The van der Waals surface area contributed by atoms with Crippen LogP contribution < -0.4 is 15.4 Å². The third-order valence-electron chi connectivity index (χ3n) is 6.33. The monoisotopic (exact) mass is 607 g/mol. The lowest BCUT2D eigenvalue weighted by atomic mass is 10.0. The Kier molecular flexibility index (Phi) is 8.95. The molecule has 0 spiro atoms. The van der Waals surface area contributed by atoms with E-state index in [-0.39, 0.29) is 28.6 Å². The number of thioether (sulfide) groups is 1. The number of fused-ring (bicyclic) bond motifs is 1. The summed E-state index contributed by atoms with van der Waals surface area (Å²) in [6, 6.07) is 16.2. The van der Waals surface area contributed by atoms with Crippen LogP contribution in [-0.4, -0.2) is 71.7 Å². The zero-order chi connectivity index (χ0) is 29.6. The third-order valence-corrected chi connectivity index (χ3v) is 8.49. The molecule has 4 aromatic rings. The molecule has 3 amide bonds. The Balaban J connectivity index is 1.23. The van der Waals surface area contributed by atoms with Gasteiger partial charge in [-0.05, 0) is 42.5 Å². The number of thiazole rings is 1. The normalized spacial score (nSPS) is 13.0. The van der Waals surface area contributed by atoms with E-state index in [1.165, 1.54) is 48.4 Å². The number of amides is 3. The molecule has 216 valence electrons. The number of morpholine rings is 1. The van der Waals surface area contributed by atoms with E-state index in [9.17, 15) is 24.5 Å². The van der Waals surface area contributed by atoms with Crippen molar-refractivity contribution in [3.63, 3.8) is 0 Å². The first-order valence-corrected chi connectivity index (χ1v) is 14.6. The van der Waals surface area contributed by atoms with Gasteiger partial charge in [0.15, 0.2) is 4.34 Å². The first-order chi connectivity index (χ1) is 20.3. The molecule has 3 aromatic carbocycles. The Hall–Kier alpha value is -4.53. The van der Waals surface area contributed by atoms with Gasteiger partial charge in [0, 0.05) is 18.8 Å². The number of hydrogen-bond donors (Lipinski definition) is 2. The van der Waals surface area contributed by atoms with Crippen molar-refractivity contribution in [3.8, 4) is 5.75 Å². The van der Waals surface area contributed by atoms with Gasteiger partial charge < -0.3 is 25.0 Å². The number of anilines is 2. The SMILES string of the molecule is COc1ccc(NC(=O)CSc2nc3ccc(NC(=O)c4ccccc4C(=O)N4CCOCC4)cc3s2)c([N+](=O)[O-])c1. The van der Waals surface area contributed by atoms with Crippen LogP contribution in [0.15, 0.2) is 65.0 Å². The molecule has 0 aliphatic carbocycles. The highest BCUT2D eigenvalue weighted by molar-refractivity contribution is 8.01. The first kappa shape index (κ1) is 29.0. The number of nitro benzene ring substituents is 1. The van der Waals surface area contributed by atoms with E-state index in [2.05, 4.69) is 15.6 Å². The summed E-state index contributed by atoms with van der Waals surface area (Å²) in [5.74, 6) is -0.750. The molecule has 1 fully saturated rings. The van der Waals surface area contributed by atoms with Crippen LogP contribution in [0.2, 0.25) is 0 Å². The van der Waals surface area contributed by atoms with E-state index >= 15 is 0 Å². The number of nitrogens with zero attached hydrogens (tertiary/aromatic N) is 3. The van der Waals surface area contributed by atoms with Crippen molar-refractivity contribution in [2.45, 2.75) is 4.34 Å². The Morgan fingerprint density at radius 3 is 2.57 bits per heavy atom. The van der Waals surface area contributed by atoms with Crippen molar-refractivity contribution in [2.24, 2.45) is 0 Å². The first-order valence-electron chi connectivity index (χ1n) is 12.8. The molecule has 42 heavy (non-hydrogen) atoms. The predicted octanol–water partition coefficient (Wildman–Crippen LogP) is 4.67. The summed E-state index contributed by atoms with van der Waals surface area (Å²) in [5.41, 5.74) is 1.63. The standard InChI is InChI=1S/C28H25N5O7S2/c1-39-18-7-9-21(23(15-18)33(37)38)30-25(34)16-41-28-31-22-8-6-17(14-24(22)42-28)29-26(35)19-4-2-3-5-20(19)27(36)32-10-12-40-13-11-32/h2-9,14-15H,10-13,16H2,1H3,(H,29,35)(H,30,34). The molecule has 2 heterocycles. The largest absolute Gasteiger partial charge is 0.496 e. The van der Waals surface area contributed by atoms with Gasteiger partial charge in [0.25, 0.3) is 17.5 Å². The molecule has 1 saturated heterocycles. The molecular weight excluding hydrogens is 582 g/mol. The minimum absolute atomic E-state index is 0.0133. The maximum atomic E-state index is 13.2. The van der Waals surface area contributed by atoms with E-state index in [0.29, 0.717) is 53.2 Å². The summed E-state index contributed by atoms with van der Waals surface area (Å²) in [6.07, 6.45) is 0. The fourth-order valence-corrected chi connectivity index (χ4v) is 6.16. The molecule has 0 saturated carbocycles. The molecule has 14 heteroatoms. The van der Waals surface area contributed by atoms with Crippen molar-refractivity contribution in [2.75, 3.05) is 49.8 Å². The number of aromatic nitrogens is 1. The minimum Gasteiger partial charge on any atom is -0.496 e. The lowest BCUT2D eigenvalue weighted by Crippen LogP contribution is -2.41. The van der Waals surface area contributed by atoms with Crippen molar-refractivity contribution in [3.05, 3.63) is 81.9 Å². The molecule has 0 unspecified atom stereocenters. The smallest absolute Gasteiger partial charge is 0.296 e. The van der Waals surface area contributed by atoms with Gasteiger partial charge in [-0.2, -0.15) is 0 Å². The van der Waals surface area contributed by atoms with Crippen LogP contribution >= 0.6 is 23.1 Å². The maximum Gasteiger partial charge on any atom is 0.296 e. The number of carbonyl (C=O) groups is 3. The highest BCUT2D eigenvalue weighted by Gasteiger charge is 2.23. The van der Waals surface area contributed by atoms with Gasteiger partial charge in [0.05, 0.1) is 58.4 Å². The quantitative estimate of drug-likeness (QED) is 0.157. The van der Waals surface area contributed by atoms with Crippen molar-refractivity contribution in [1.82, 2.24) is 9.88 Å². The van der Waals surface area contributed by atoms with Crippen LogP contribution in [0.1, 0.15) is 20.7 Å². The summed E-state index contributed by atoms with van der Waals surface area (Å²) in [7, 11) is 1.40. The number of hydrogen-bond acceptors (Lipinski definition) is 10. The van der Waals surface area contributed by atoms with E-state index in [1.807, 2.05) is 0 Å². The highest BCUT2D eigenvalue weighted by Crippen LogP contribution is 2.33. The molecule has 0 bridgehead atoms. The van der Waals surface area contributed by atoms with Gasteiger partial charge in [0.1, 0.15) is 11.4 Å². The van der Waals surface area contributed by atoms with Crippen LogP contribution in [0.3, 0.4) is 0 Å². The van der Waals surface area contributed by atoms with E-state index < -0.39 is 16.7 Å².